The molecule has 0 saturated heterocycles. The summed E-state index contributed by atoms with van der Waals surface area (Å²) in [6, 6.07) is 2.11. The summed E-state index contributed by atoms with van der Waals surface area (Å²) in [4.78, 5) is 11.5. The number of benzene rings is 1. The fraction of sp³-hybridized carbons (Fsp3) is 0.385. The van der Waals surface area contributed by atoms with Crippen molar-refractivity contribution in [2.45, 2.75) is 13.8 Å². The predicted molar refractivity (Wildman–Crippen MR) is 78.6 cm³/mol. The molecule has 1 rings (SSSR count). The highest BCUT2D eigenvalue weighted by atomic mass is 32.1. The van der Waals surface area contributed by atoms with E-state index in [0.29, 0.717) is 0 Å². The second-order valence-corrected chi connectivity index (χ2v) is 5.44. The van der Waals surface area contributed by atoms with Gasteiger partial charge in [0.15, 0.2) is 0 Å². The number of halogens is 2. The van der Waals surface area contributed by atoms with E-state index in [0.717, 1.165) is 12.1 Å². The van der Waals surface area contributed by atoms with Gasteiger partial charge >= 0.3 is 0 Å². The number of nitrogens with one attached hydrogen (secondary N) is 2. The fourth-order valence-corrected chi connectivity index (χ4v) is 1.73. The van der Waals surface area contributed by atoms with Gasteiger partial charge in [0.05, 0.1) is 5.41 Å². The van der Waals surface area contributed by atoms with E-state index in [4.69, 9.17) is 5.73 Å². The van der Waals surface area contributed by atoms with Crippen molar-refractivity contribution < 1.29 is 13.6 Å². The molecule has 0 fully saturated rings. The fourth-order valence-electron chi connectivity index (χ4n) is 1.61. The van der Waals surface area contributed by atoms with E-state index in [1.807, 2.05) is 0 Å². The van der Waals surface area contributed by atoms with Gasteiger partial charge in [-0.25, -0.2) is 8.78 Å². The standard InChI is InChI=1S/C13H17F2N3OS/c1-13(2,12(19)17-3)6-18-10-8(14)4-7(11(16)20)5-9(10)15/h4-5,18H,6H2,1-3H3,(H2,16,20)(H,17,19). The topological polar surface area (TPSA) is 67.2 Å². The lowest BCUT2D eigenvalue weighted by Gasteiger charge is -2.23. The second kappa shape index (κ2) is 6.13. The van der Waals surface area contributed by atoms with Gasteiger partial charge in [-0.3, -0.25) is 4.79 Å². The normalized spacial score (nSPS) is 11.1. The number of carbonyl (C=O) groups excluding carboxylic acids is 1. The molecule has 110 valence electrons. The van der Waals surface area contributed by atoms with Gasteiger partial charge in [-0.05, 0) is 26.0 Å². The van der Waals surface area contributed by atoms with Crippen LogP contribution >= 0.6 is 12.2 Å². The van der Waals surface area contributed by atoms with Gasteiger partial charge in [0.2, 0.25) is 5.91 Å². The van der Waals surface area contributed by atoms with E-state index in [1.165, 1.54) is 7.05 Å². The van der Waals surface area contributed by atoms with Gasteiger partial charge in [-0.15, -0.1) is 0 Å². The first-order valence-electron chi connectivity index (χ1n) is 5.94. The van der Waals surface area contributed by atoms with Crippen LogP contribution < -0.4 is 16.4 Å². The van der Waals surface area contributed by atoms with E-state index < -0.39 is 17.0 Å². The predicted octanol–water partition coefficient (Wildman–Crippen LogP) is 1.78. The highest BCUT2D eigenvalue weighted by Gasteiger charge is 2.27. The maximum atomic E-state index is 13.8. The Kier molecular flexibility index (Phi) is 4.99. The summed E-state index contributed by atoms with van der Waals surface area (Å²) in [6.45, 7) is 3.41. The Labute approximate surface area is 121 Å². The second-order valence-electron chi connectivity index (χ2n) is 5.00. The largest absolute Gasteiger partial charge is 0.389 e. The summed E-state index contributed by atoms with van der Waals surface area (Å²) in [7, 11) is 1.50. The molecule has 0 aromatic heterocycles. The van der Waals surface area contributed by atoms with Crippen LogP contribution in [-0.4, -0.2) is 24.5 Å². The van der Waals surface area contributed by atoms with Gasteiger partial charge in [0.25, 0.3) is 0 Å². The van der Waals surface area contributed by atoms with E-state index in [-0.39, 0.29) is 28.7 Å². The minimum absolute atomic E-state index is 0.0763. The lowest BCUT2D eigenvalue weighted by Crippen LogP contribution is -2.39. The summed E-state index contributed by atoms with van der Waals surface area (Å²) in [5.41, 5.74) is 4.33. The Bertz CT molecular complexity index is 523. The quantitative estimate of drug-likeness (QED) is 0.725. The molecule has 0 aliphatic carbocycles. The number of amides is 1. The number of anilines is 1. The minimum Gasteiger partial charge on any atom is -0.389 e. The molecule has 0 heterocycles. The van der Waals surface area contributed by atoms with Crippen LogP contribution in [0.15, 0.2) is 12.1 Å². The van der Waals surface area contributed by atoms with Crippen molar-refractivity contribution in [3.8, 4) is 0 Å². The van der Waals surface area contributed by atoms with Gasteiger partial charge in [0, 0.05) is 19.2 Å². The highest BCUT2D eigenvalue weighted by molar-refractivity contribution is 7.80. The van der Waals surface area contributed by atoms with Crippen molar-refractivity contribution in [2.24, 2.45) is 11.1 Å². The zero-order chi connectivity index (χ0) is 15.5. The molecule has 0 aliphatic heterocycles. The third-order valence-electron chi connectivity index (χ3n) is 2.88. The number of hydrogen-bond donors (Lipinski definition) is 3. The molecule has 0 aliphatic rings. The van der Waals surface area contributed by atoms with Gasteiger partial charge in [-0.2, -0.15) is 0 Å². The monoisotopic (exact) mass is 301 g/mol. The van der Waals surface area contributed by atoms with Crippen molar-refractivity contribution in [1.82, 2.24) is 5.32 Å². The van der Waals surface area contributed by atoms with Crippen LogP contribution in [0, 0.1) is 17.0 Å². The molecule has 0 radical (unpaired) electrons. The SMILES string of the molecule is CNC(=O)C(C)(C)CNc1c(F)cc(C(N)=S)cc1F. The van der Waals surface area contributed by atoms with Crippen LogP contribution in [0.5, 0.6) is 0 Å². The average Bonchev–Trinajstić information content (AvgIpc) is 2.36. The van der Waals surface area contributed by atoms with Gasteiger partial charge in [-0.1, -0.05) is 12.2 Å². The molecular formula is C13H17F2N3OS. The molecule has 1 aromatic carbocycles. The van der Waals surface area contributed by atoms with Gasteiger partial charge in [0.1, 0.15) is 22.3 Å². The molecule has 0 atom stereocenters. The highest BCUT2D eigenvalue weighted by Crippen LogP contribution is 2.23. The Morgan fingerprint density at radius 3 is 2.25 bits per heavy atom. The summed E-state index contributed by atoms with van der Waals surface area (Å²) in [6.07, 6.45) is 0. The summed E-state index contributed by atoms with van der Waals surface area (Å²) >= 11 is 4.67. The number of hydrogen-bond acceptors (Lipinski definition) is 3. The number of rotatable bonds is 5. The molecular weight excluding hydrogens is 284 g/mol. The van der Waals surface area contributed by atoms with Crippen molar-refractivity contribution in [3.05, 3.63) is 29.3 Å². The van der Waals surface area contributed by atoms with Crippen LogP contribution in [-0.2, 0) is 4.79 Å². The van der Waals surface area contributed by atoms with Crippen molar-refractivity contribution in [3.63, 3.8) is 0 Å². The summed E-state index contributed by atoms with van der Waals surface area (Å²) in [5, 5.41) is 5.10. The van der Waals surface area contributed by atoms with Crippen LogP contribution in [0.2, 0.25) is 0 Å². The smallest absolute Gasteiger partial charge is 0.227 e. The first kappa shape index (κ1) is 16.3. The Morgan fingerprint density at radius 2 is 1.85 bits per heavy atom. The molecule has 0 saturated carbocycles. The van der Waals surface area contributed by atoms with E-state index in [1.54, 1.807) is 13.8 Å². The summed E-state index contributed by atoms with van der Waals surface area (Å²) < 4.78 is 27.6. The zero-order valence-electron chi connectivity index (χ0n) is 11.5. The number of carbonyl (C=O) groups is 1. The van der Waals surface area contributed by atoms with Crippen LogP contribution in [0.25, 0.3) is 0 Å². The lowest BCUT2D eigenvalue weighted by atomic mass is 9.92. The molecule has 20 heavy (non-hydrogen) atoms. The summed E-state index contributed by atoms with van der Waals surface area (Å²) in [5.74, 6) is -1.84. The minimum atomic E-state index is -0.810. The maximum Gasteiger partial charge on any atom is 0.227 e. The maximum absolute atomic E-state index is 13.8. The molecule has 0 spiro atoms. The molecule has 4 N–H and O–H groups in total. The molecule has 1 amide bonds. The van der Waals surface area contributed by atoms with E-state index in [9.17, 15) is 13.6 Å². The van der Waals surface area contributed by atoms with Crippen molar-refractivity contribution in [1.29, 1.82) is 0 Å². The third-order valence-corrected chi connectivity index (χ3v) is 3.11. The Balaban J connectivity index is 2.94. The molecule has 1 aromatic rings. The molecule has 0 bridgehead atoms. The third kappa shape index (κ3) is 3.63. The van der Waals surface area contributed by atoms with Crippen LogP contribution in [0.3, 0.4) is 0 Å². The average molecular weight is 301 g/mol. The molecule has 7 heteroatoms. The first-order valence-corrected chi connectivity index (χ1v) is 6.34. The van der Waals surface area contributed by atoms with Crippen LogP contribution in [0.4, 0.5) is 14.5 Å². The lowest BCUT2D eigenvalue weighted by molar-refractivity contribution is -0.128. The first-order chi connectivity index (χ1) is 9.19. The van der Waals surface area contributed by atoms with Crippen molar-refractivity contribution in [2.75, 3.05) is 18.9 Å². The van der Waals surface area contributed by atoms with Crippen molar-refractivity contribution >= 4 is 28.8 Å². The number of thiocarbonyl (C=S) groups is 1. The Hall–Kier alpha value is -1.76. The molecule has 4 nitrogen and oxygen atoms in total. The van der Waals surface area contributed by atoms with E-state index in [2.05, 4.69) is 22.9 Å². The zero-order valence-corrected chi connectivity index (χ0v) is 12.3. The Morgan fingerprint density at radius 1 is 1.35 bits per heavy atom. The molecule has 0 unspecified atom stereocenters. The number of nitrogens with two attached hydrogens (primary N) is 1. The van der Waals surface area contributed by atoms with Gasteiger partial charge < -0.3 is 16.4 Å². The van der Waals surface area contributed by atoms with E-state index >= 15 is 0 Å². The van der Waals surface area contributed by atoms with Crippen LogP contribution in [0.1, 0.15) is 19.4 Å².